The van der Waals surface area contributed by atoms with Crippen LogP contribution in [0, 0.1) is 11.8 Å². The predicted molar refractivity (Wildman–Crippen MR) is 89.5 cm³/mol. The van der Waals surface area contributed by atoms with Crippen LogP contribution in [-0.4, -0.2) is 22.4 Å². The van der Waals surface area contributed by atoms with Gasteiger partial charge in [0.05, 0.1) is 11.7 Å². The van der Waals surface area contributed by atoms with Gasteiger partial charge in [-0.25, -0.2) is 0 Å². The minimum absolute atomic E-state index is 0.561. The number of nitrogens with one attached hydrogen (secondary N) is 1. The lowest BCUT2D eigenvalue weighted by Gasteiger charge is -2.23. The molecule has 1 N–H and O–H groups in total. The van der Waals surface area contributed by atoms with Crippen molar-refractivity contribution < 1.29 is 0 Å². The highest BCUT2D eigenvalue weighted by Crippen LogP contribution is 2.27. The van der Waals surface area contributed by atoms with Crippen LogP contribution in [0.3, 0.4) is 0 Å². The Balaban J connectivity index is 1.92. The van der Waals surface area contributed by atoms with E-state index in [0.717, 1.165) is 13.0 Å². The molecule has 0 bridgehead atoms. The highest BCUT2D eigenvalue weighted by atomic mass is 15.3. The second-order valence-corrected chi connectivity index (χ2v) is 7.35. The minimum Gasteiger partial charge on any atom is -0.314 e. The Morgan fingerprint density at radius 1 is 1.19 bits per heavy atom. The van der Waals surface area contributed by atoms with Crippen molar-refractivity contribution in [3.8, 4) is 0 Å². The molecule has 120 valence electrons. The lowest BCUT2D eigenvalue weighted by atomic mass is 9.91. The number of nitrogens with zero attached hydrogens (tertiary/aromatic N) is 2. The number of hydrogen-bond donors (Lipinski definition) is 1. The molecular formula is C18H33N3. The van der Waals surface area contributed by atoms with Crippen molar-refractivity contribution in [2.75, 3.05) is 6.54 Å². The quantitative estimate of drug-likeness (QED) is 0.816. The van der Waals surface area contributed by atoms with Crippen LogP contribution in [0.1, 0.15) is 71.5 Å². The highest BCUT2D eigenvalue weighted by molar-refractivity contribution is 5.02. The Bertz CT molecular complexity index is 402. The maximum absolute atomic E-state index is 4.87. The SMILES string of the molecule is CC(C)NCC(Cc1ccn(C2CCCCC2)n1)C(C)C. The van der Waals surface area contributed by atoms with Gasteiger partial charge in [-0.2, -0.15) is 5.10 Å². The van der Waals surface area contributed by atoms with Crippen LogP contribution < -0.4 is 5.32 Å². The van der Waals surface area contributed by atoms with Crippen molar-refractivity contribution in [1.82, 2.24) is 15.1 Å². The second kappa shape index (κ2) is 7.98. The van der Waals surface area contributed by atoms with Gasteiger partial charge < -0.3 is 5.32 Å². The topological polar surface area (TPSA) is 29.9 Å². The monoisotopic (exact) mass is 291 g/mol. The first-order chi connectivity index (χ1) is 10.1. The van der Waals surface area contributed by atoms with Crippen molar-refractivity contribution >= 4 is 0 Å². The Morgan fingerprint density at radius 2 is 1.90 bits per heavy atom. The lowest BCUT2D eigenvalue weighted by Crippen LogP contribution is -2.32. The van der Waals surface area contributed by atoms with E-state index in [-0.39, 0.29) is 0 Å². The molecule has 2 rings (SSSR count). The fourth-order valence-corrected chi connectivity index (χ4v) is 3.23. The van der Waals surface area contributed by atoms with E-state index >= 15 is 0 Å². The lowest BCUT2D eigenvalue weighted by molar-refractivity contribution is 0.321. The third-order valence-corrected chi connectivity index (χ3v) is 4.81. The van der Waals surface area contributed by atoms with E-state index < -0.39 is 0 Å². The van der Waals surface area contributed by atoms with Crippen molar-refractivity contribution in [2.45, 2.75) is 78.3 Å². The van der Waals surface area contributed by atoms with Crippen LogP contribution in [-0.2, 0) is 6.42 Å². The normalized spacial score (nSPS) is 18.6. The molecule has 1 saturated carbocycles. The van der Waals surface area contributed by atoms with Crippen LogP contribution in [0.25, 0.3) is 0 Å². The molecule has 1 fully saturated rings. The maximum atomic E-state index is 4.87. The molecular weight excluding hydrogens is 258 g/mol. The van der Waals surface area contributed by atoms with Crippen LogP contribution in [0.2, 0.25) is 0 Å². The van der Waals surface area contributed by atoms with Crippen LogP contribution >= 0.6 is 0 Å². The third kappa shape index (κ3) is 5.14. The van der Waals surface area contributed by atoms with Crippen molar-refractivity contribution in [3.63, 3.8) is 0 Å². The summed E-state index contributed by atoms with van der Waals surface area (Å²) in [6.45, 7) is 10.2. The molecule has 21 heavy (non-hydrogen) atoms. The summed E-state index contributed by atoms with van der Waals surface area (Å²) in [6.07, 6.45) is 10.1. The molecule has 1 atom stereocenters. The van der Waals surface area contributed by atoms with Gasteiger partial charge in [0.2, 0.25) is 0 Å². The van der Waals surface area contributed by atoms with E-state index in [1.807, 2.05) is 0 Å². The summed E-state index contributed by atoms with van der Waals surface area (Å²) >= 11 is 0. The molecule has 0 radical (unpaired) electrons. The molecule has 1 unspecified atom stereocenters. The Kier molecular flexibility index (Phi) is 6.28. The molecule has 1 aliphatic carbocycles. The Labute approximate surface area is 130 Å². The maximum Gasteiger partial charge on any atom is 0.0628 e. The fourth-order valence-electron chi connectivity index (χ4n) is 3.23. The fraction of sp³-hybridized carbons (Fsp3) is 0.833. The molecule has 1 heterocycles. The summed E-state index contributed by atoms with van der Waals surface area (Å²) in [4.78, 5) is 0. The van der Waals surface area contributed by atoms with Gasteiger partial charge in [0.25, 0.3) is 0 Å². The summed E-state index contributed by atoms with van der Waals surface area (Å²) in [5, 5.41) is 8.45. The molecule has 0 spiro atoms. The van der Waals surface area contributed by atoms with E-state index in [9.17, 15) is 0 Å². The predicted octanol–water partition coefficient (Wildman–Crippen LogP) is 4.20. The first-order valence-corrected chi connectivity index (χ1v) is 8.83. The first-order valence-electron chi connectivity index (χ1n) is 8.83. The molecule has 0 aromatic carbocycles. The van der Waals surface area contributed by atoms with E-state index in [0.29, 0.717) is 23.9 Å². The largest absolute Gasteiger partial charge is 0.314 e. The summed E-state index contributed by atoms with van der Waals surface area (Å²) in [5.74, 6) is 1.36. The molecule has 1 aromatic rings. The first kappa shape index (κ1) is 16.5. The smallest absolute Gasteiger partial charge is 0.0628 e. The van der Waals surface area contributed by atoms with Crippen LogP contribution in [0.4, 0.5) is 0 Å². The standard InChI is InChI=1S/C18H33N3/c1-14(2)16(13-19-15(3)4)12-17-10-11-21(20-17)18-8-6-5-7-9-18/h10-11,14-16,18-19H,5-9,12-13H2,1-4H3. The summed E-state index contributed by atoms with van der Waals surface area (Å²) in [7, 11) is 0. The molecule has 3 nitrogen and oxygen atoms in total. The van der Waals surface area contributed by atoms with Gasteiger partial charge in [-0.3, -0.25) is 4.68 Å². The molecule has 3 heteroatoms. The second-order valence-electron chi connectivity index (χ2n) is 7.35. The zero-order valence-corrected chi connectivity index (χ0v) is 14.3. The zero-order valence-electron chi connectivity index (χ0n) is 14.3. The van der Waals surface area contributed by atoms with Crippen LogP contribution in [0.5, 0.6) is 0 Å². The number of hydrogen-bond acceptors (Lipinski definition) is 2. The molecule has 1 aromatic heterocycles. The van der Waals surface area contributed by atoms with E-state index in [2.05, 4.69) is 50.0 Å². The van der Waals surface area contributed by atoms with E-state index in [1.54, 1.807) is 0 Å². The van der Waals surface area contributed by atoms with Gasteiger partial charge in [-0.15, -0.1) is 0 Å². The molecule has 0 aliphatic heterocycles. The third-order valence-electron chi connectivity index (χ3n) is 4.81. The Hall–Kier alpha value is -0.830. The van der Waals surface area contributed by atoms with E-state index in [1.165, 1.54) is 37.8 Å². The summed E-state index contributed by atoms with van der Waals surface area (Å²) in [5.41, 5.74) is 1.27. The van der Waals surface area contributed by atoms with Gasteiger partial charge in [-0.05, 0) is 43.7 Å². The minimum atomic E-state index is 0.561. The Morgan fingerprint density at radius 3 is 2.52 bits per heavy atom. The van der Waals surface area contributed by atoms with Gasteiger partial charge in [0.1, 0.15) is 0 Å². The van der Waals surface area contributed by atoms with Gasteiger partial charge in [0.15, 0.2) is 0 Å². The molecule has 0 amide bonds. The van der Waals surface area contributed by atoms with Crippen molar-refractivity contribution in [1.29, 1.82) is 0 Å². The summed E-state index contributed by atoms with van der Waals surface area (Å²) < 4.78 is 2.24. The highest BCUT2D eigenvalue weighted by Gasteiger charge is 2.19. The molecule has 0 saturated heterocycles. The van der Waals surface area contributed by atoms with Crippen LogP contribution in [0.15, 0.2) is 12.3 Å². The zero-order chi connectivity index (χ0) is 15.2. The van der Waals surface area contributed by atoms with E-state index in [4.69, 9.17) is 5.10 Å². The number of rotatable bonds is 7. The van der Waals surface area contributed by atoms with Crippen molar-refractivity contribution in [2.24, 2.45) is 11.8 Å². The van der Waals surface area contributed by atoms with Gasteiger partial charge in [0, 0.05) is 12.2 Å². The van der Waals surface area contributed by atoms with Crippen molar-refractivity contribution in [3.05, 3.63) is 18.0 Å². The average molecular weight is 291 g/mol. The van der Waals surface area contributed by atoms with Gasteiger partial charge in [-0.1, -0.05) is 47.0 Å². The van der Waals surface area contributed by atoms with Gasteiger partial charge >= 0.3 is 0 Å². The number of aromatic nitrogens is 2. The average Bonchev–Trinajstić information content (AvgIpc) is 2.92. The summed E-state index contributed by atoms with van der Waals surface area (Å²) in [6, 6.07) is 3.45. The molecule has 1 aliphatic rings.